The minimum absolute atomic E-state index is 0.0400. The zero-order valence-corrected chi connectivity index (χ0v) is 14.7. The molecule has 0 aliphatic carbocycles. The summed E-state index contributed by atoms with van der Waals surface area (Å²) < 4.78 is 10.9. The fourth-order valence-electron chi connectivity index (χ4n) is 2.06. The van der Waals surface area contributed by atoms with Crippen LogP contribution in [-0.4, -0.2) is 25.0 Å². The fourth-order valence-corrected chi connectivity index (χ4v) is 2.28. The number of carbonyl (C=O) groups excluding carboxylic acids is 2. The highest BCUT2D eigenvalue weighted by Gasteiger charge is 2.12. The van der Waals surface area contributed by atoms with Crippen molar-refractivity contribution in [1.29, 1.82) is 0 Å². The Kier molecular flexibility index (Phi) is 7.29. The van der Waals surface area contributed by atoms with E-state index in [0.717, 1.165) is 6.42 Å². The second-order valence-electron chi connectivity index (χ2n) is 5.26. The number of benzene rings is 2. The van der Waals surface area contributed by atoms with Crippen LogP contribution in [0.25, 0.3) is 0 Å². The van der Waals surface area contributed by atoms with Crippen molar-refractivity contribution >= 4 is 23.5 Å². The summed E-state index contributed by atoms with van der Waals surface area (Å²) in [6.07, 6.45) is 0.897. The molecule has 0 saturated heterocycles. The summed E-state index contributed by atoms with van der Waals surface area (Å²) in [4.78, 5) is 24.0. The molecule has 1 N–H and O–H groups in total. The Labute approximate surface area is 151 Å². The molecule has 25 heavy (non-hydrogen) atoms. The van der Waals surface area contributed by atoms with Crippen LogP contribution in [-0.2, 0) is 4.79 Å². The van der Waals surface area contributed by atoms with Crippen LogP contribution in [0.4, 0.5) is 0 Å². The van der Waals surface area contributed by atoms with E-state index in [1.54, 1.807) is 42.5 Å². The van der Waals surface area contributed by atoms with Crippen LogP contribution in [0.2, 0.25) is 5.02 Å². The first kappa shape index (κ1) is 18.8. The lowest BCUT2D eigenvalue weighted by Crippen LogP contribution is -2.27. The van der Waals surface area contributed by atoms with Crippen LogP contribution in [0.3, 0.4) is 0 Å². The molecule has 132 valence electrons. The van der Waals surface area contributed by atoms with Gasteiger partial charge in [-0.1, -0.05) is 42.8 Å². The molecule has 0 atom stereocenters. The SMILES string of the molecule is CCCOc1ccccc1OC(=O)CCNC(=O)c1ccccc1Cl. The molecule has 2 rings (SSSR count). The summed E-state index contributed by atoms with van der Waals surface area (Å²) in [5.41, 5.74) is 0.371. The van der Waals surface area contributed by atoms with Crippen molar-refractivity contribution in [2.24, 2.45) is 0 Å². The molecule has 1 amide bonds. The van der Waals surface area contributed by atoms with Gasteiger partial charge in [-0.15, -0.1) is 0 Å². The lowest BCUT2D eigenvalue weighted by molar-refractivity contribution is -0.134. The number of hydrogen-bond acceptors (Lipinski definition) is 4. The molecule has 0 saturated carbocycles. The highest BCUT2D eigenvalue weighted by Crippen LogP contribution is 2.26. The number of halogens is 1. The Hall–Kier alpha value is -2.53. The Morgan fingerprint density at radius 1 is 1.04 bits per heavy atom. The third-order valence-corrected chi connectivity index (χ3v) is 3.60. The van der Waals surface area contributed by atoms with Gasteiger partial charge in [-0.2, -0.15) is 0 Å². The van der Waals surface area contributed by atoms with E-state index in [9.17, 15) is 9.59 Å². The van der Waals surface area contributed by atoms with E-state index < -0.39 is 5.97 Å². The number of nitrogens with one attached hydrogen (secondary N) is 1. The number of esters is 1. The minimum Gasteiger partial charge on any atom is -0.490 e. The largest absolute Gasteiger partial charge is 0.490 e. The van der Waals surface area contributed by atoms with Crippen LogP contribution in [0.15, 0.2) is 48.5 Å². The maximum absolute atomic E-state index is 12.0. The quantitative estimate of drug-likeness (QED) is 0.573. The zero-order chi connectivity index (χ0) is 18.1. The van der Waals surface area contributed by atoms with Gasteiger partial charge in [0.1, 0.15) is 0 Å². The number of carbonyl (C=O) groups is 2. The molecule has 0 aliphatic heterocycles. The van der Waals surface area contributed by atoms with Gasteiger partial charge in [0.2, 0.25) is 0 Å². The molecular weight excluding hydrogens is 342 g/mol. The third kappa shape index (κ3) is 5.80. The molecule has 0 spiro atoms. The monoisotopic (exact) mass is 361 g/mol. The summed E-state index contributed by atoms with van der Waals surface area (Å²) in [5.74, 6) is 0.119. The Bertz CT molecular complexity index is 733. The summed E-state index contributed by atoms with van der Waals surface area (Å²) in [5, 5.41) is 3.02. The van der Waals surface area contributed by atoms with Crippen molar-refractivity contribution in [2.45, 2.75) is 19.8 Å². The summed E-state index contributed by atoms with van der Waals surface area (Å²) >= 11 is 5.96. The van der Waals surface area contributed by atoms with Gasteiger partial charge in [0, 0.05) is 6.54 Å². The van der Waals surface area contributed by atoms with Gasteiger partial charge in [0.15, 0.2) is 11.5 Å². The Morgan fingerprint density at radius 3 is 2.44 bits per heavy atom. The zero-order valence-electron chi connectivity index (χ0n) is 14.0. The van der Waals surface area contributed by atoms with E-state index in [2.05, 4.69) is 5.32 Å². The maximum Gasteiger partial charge on any atom is 0.313 e. The molecule has 6 heteroatoms. The number of para-hydroxylation sites is 2. The van der Waals surface area contributed by atoms with Crippen LogP contribution < -0.4 is 14.8 Å². The number of hydrogen-bond donors (Lipinski definition) is 1. The van der Waals surface area contributed by atoms with Gasteiger partial charge >= 0.3 is 5.97 Å². The van der Waals surface area contributed by atoms with Crippen molar-refractivity contribution in [3.05, 3.63) is 59.1 Å². The third-order valence-electron chi connectivity index (χ3n) is 3.27. The van der Waals surface area contributed by atoms with Gasteiger partial charge in [0.05, 0.1) is 23.6 Å². The molecule has 0 unspecified atom stereocenters. The molecular formula is C19H20ClNO4. The molecule has 0 aliphatic rings. The van der Waals surface area contributed by atoms with Crippen LogP contribution in [0, 0.1) is 0 Å². The predicted molar refractivity (Wildman–Crippen MR) is 96.3 cm³/mol. The molecule has 5 nitrogen and oxygen atoms in total. The Balaban J connectivity index is 1.83. The molecule has 2 aromatic carbocycles. The van der Waals surface area contributed by atoms with E-state index in [0.29, 0.717) is 28.7 Å². The summed E-state index contributed by atoms with van der Waals surface area (Å²) in [6, 6.07) is 13.7. The van der Waals surface area contributed by atoms with Gasteiger partial charge in [-0.3, -0.25) is 9.59 Å². The first-order valence-electron chi connectivity index (χ1n) is 8.07. The van der Waals surface area contributed by atoms with Crippen LogP contribution >= 0.6 is 11.6 Å². The average Bonchev–Trinajstić information content (AvgIpc) is 2.61. The van der Waals surface area contributed by atoms with Crippen molar-refractivity contribution in [3.63, 3.8) is 0 Å². The highest BCUT2D eigenvalue weighted by atomic mass is 35.5. The first-order valence-corrected chi connectivity index (χ1v) is 8.45. The standard InChI is InChI=1S/C19H20ClNO4/c1-2-13-24-16-9-5-6-10-17(16)25-18(22)11-12-21-19(23)14-7-3-4-8-15(14)20/h3-10H,2,11-13H2,1H3,(H,21,23). The minimum atomic E-state index is -0.452. The van der Waals surface area contributed by atoms with E-state index >= 15 is 0 Å². The molecule has 0 bridgehead atoms. The first-order chi connectivity index (χ1) is 12.1. The van der Waals surface area contributed by atoms with Gasteiger partial charge in [0.25, 0.3) is 5.91 Å². The van der Waals surface area contributed by atoms with E-state index in [4.69, 9.17) is 21.1 Å². The second kappa shape index (κ2) is 9.69. The lowest BCUT2D eigenvalue weighted by atomic mass is 10.2. The van der Waals surface area contributed by atoms with Gasteiger partial charge in [-0.05, 0) is 30.7 Å². The highest BCUT2D eigenvalue weighted by molar-refractivity contribution is 6.33. The summed E-state index contributed by atoms with van der Waals surface area (Å²) in [6.45, 7) is 2.69. The number of rotatable bonds is 8. The molecule has 0 radical (unpaired) electrons. The maximum atomic E-state index is 12.0. The van der Waals surface area contributed by atoms with E-state index in [1.807, 2.05) is 13.0 Å². The van der Waals surface area contributed by atoms with E-state index in [1.165, 1.54) is 0 Å². The smallest absolute Gasteiger partial charge is 0.313 e. The van der Waals surface area contributed by atoms with Crippen molar-refractivity contribution in [2.75, 3.05) is 13.2 Å². The van der Waals surface area contributed by atoms with Crippen molar-refractivity contribution < 1.29 is 19.1 Å². The second-order valence-corrected chi connectivity index (χ2v) is 5.66. The normalized spacial score (nSPS) is 10.2. The molecule has 0 heterocycles. The fraction of sp³-hybridized carbons (Fsp3) is 0.263. The summed E-state index contributed by atoms with van der Waals surface area (Å²) in [7, 11) is 0. The van der Waals surface area contributed by atoms with E-state index in [-0.39, 0.29) is 18.9 Å². The Morgan fingerprint density at radius 2 is 1.72 bits per heavy atom. The molecule has 2 aromatic rings. The predicted octanol–water partition coefficient (Wildman–Crippen LogP) is 3.85. The number of amides is 1. The lowest BCUT2D eigenvalue weighted by Gasteiger charge is -2.11. The average molecular weight is 362 g/mol. The van der Waals surface area contributed by atoms with Gasteiger partial charge in [-0.25, -0.2) is 0 Å². The van der Waals surface area contributed by atoms with Crippen LogP contribution in [0.5, 0.6) is 11.5 Å². The topological polar surface area (TPSA) is 64.6 Å². The van der Waals surface area contributed by atoms with Gasteiger partial charge < -0.3 is 14.8 Å². The van der Waals surface area contributed by atoms with Crippen molar-refractivity contribution in [1.82, 2.24) is 5.32 Å². The van der Waals surface area contributed by atoms with Crippen molar-refractivity contribution in [3.8, 4) is 11.5 Å². The number of ether oxygens (including phenoxy) is 2. The van der Waals surface area contributed by atoms with Crippen LogP contribution in [0.1, 0.15) is 30.1 Å². The molecule has 0 aromatic heterocycles. The molecule has 0 fully saturated rings.